The van der Waals surface area contributed by atoms with Crippen LogP contribution in [0, 0.1) is 13.8 Å². The number of imidazole rings is 1. The van der Waals surface area contributed by atoms with Crippen molar-refractivity contribution in [3.05, 3.63) is 70.8 Å². The van der Waals surface area contributed by atoms with E-state index in [9.17, 15) is 0 Å². The molecule has 24 heavy (non-hydrogen) atoms. The van der Waals surface area contributed by atoms with Gasteiger partial charge in [-0.1, -0.05) is 41.0 Å². The van der Waals surface area contributed by atoms with Gasteiger partial charge in [-0.3, -0.25) is 0 Å². The highest BCUT2D eigenvalue weighted by Crippen LogP contribution is 2.29. The summed E-state index contributed by atoms with van der Waals surface area (Å²) in [6.07, 6.45) is 1.85. The number of nitrogens with zero attached hydrogens (tertiary/aromatic N) is 3. The number of hydrogen-bond donors (Lipinski definition) is 0. The lowest BCUT2D eigenvalue weighted by Gasteiger charge is -2.08. The summed E-state index contributed by atoms with van der Waals surface area (Å²) < 4.78 is 7.40. The first kappa shape index (κ1) is 15.0. The quantitative estimate of drug-likeness (QED) is 0.528. The second-order valence-corrected chi connectivity index (χ2v) is 6.27. The Morgan fingerprint density at radius 2 is 1.96 bits per heavy atom. The minimum atomic E-state index is 0.682. The summed E-state index contributed by atoms with van der Waals surface area (Å²) in [5.41, 5.74) is 6.11. The molecule has 4 rings (SSSR count). The van der Waals surface area contributed by atoms with Crippen molar-refractivity contribution in [2.75, 3.05) is 0 Å². The Labute approximate surface area is 144 Å². The summed E-state index contributed by atoms with van der Waals surface area (Å²) in [7, 11) is 0. The molecule has 2 heterocycles. The molecular formula is C19H16ClN3O. The SMILES string of the molecule is Cc1noc(C)c1-c1ccc2ncn(Cc3ccccc3Cl)c2c1. The Kier molecular flexibility index (Phi) is 3.62. The largest absolute Gasteiger partial charge is 0.361 e. The first-order chi connectivity index (χ1) is 11.6. The average Bonchev–Trinajstić information content (AvgIpc) is 3.13. The predicted octanol–water partition coefficient (Wildman–Crippen LogP) is 5.01. The molecule has 5 heteroatoms. The van der Waals surface area contributed by atoms with Crippen LogP contribution in [0.4, 0.5) is 0 Å². The van der Waals surface area contributed by atoms with E-state index in [0.717, 1.165) is 44.2 Å². The minimum Gasteiger partial charge on any atom is -0.361 e. The number of aromatic nitrogens is 3. The number of benzene rings is 2. The summed E-state index contributed by atoms with van der Waals surface area (Å²) in [4.78, 5) is 4.49. The standard InChI is InChI=1S/C19H16ClN3O/c1-12-19(13(2)24-22-12)14-7-8-17-18(9-14)23(11-21-17)10-15-5-3-4-6-16(15)20/h3-9,11H,10H2,1-2H3. The fraction of sp³-hybridized carbons (Fsp3) is 0.158. The molecule has 0 saturated carbocycles. The summed E-state index contributed by atoms with van der Waals surface area (Å²) >= 11 is 6.29. The monoisotopic (exact) mass is 337 g/mol. The van der Waals surface area contributed by atoms with Crippen LogP contribution in [0.15, 0.2) is 53.3 Å². The normalized spacial score (nSPS) is 11.3. The molecule has 0 atom stereocenters. The summed E-state index contributed by atoms with van der Waals surface area (Å²) in [5, 5.41) is 4.81. The Morgan fingerprint density at radius 3 is 2.71 bits per heavy atom. The van der Waals surface area contributed by atoms with E-state index in [-0.39, 0.29) is 0 Å². The van der Waals surface area contributed by atoms with Gasteiger partial charge in [-0.25, -0.2) is 4.98 Å². The number of fused-ring (bicyclic) bond motifs is 1. The maximum Gasteiger partial charge on any atom is 0.141 e. The van der Waals surface area contributed by atoms with Gasteiger partial charge in [0.25, 0.3) is 0 Å². The van der Waals surface area contributed by atoms with Crippen LogP contribution in [0.1, 0.15) is 17.0 Å². The molecule has 0 unspecified atom stereocenters. The van der Waals surface area contributed by atoms with Crippen LogP contribution in [-0.2, 0) is 6.54 Å². The molecule has 2 aromatic heterocycles. The fourth-order valence-corrected chi connectivity index (χ4v) is 3.24. The van der Waals surface area contributed by atoms with Crippen LogP contribution < -0.4 is 0 Å². The Hall–Kier alpha value is -2.59. The van der Waals surface area contributed by atoms with E-state index in [0.29, 0.717) is 6.54 Å². The molecular weight excluding hydrogens is 322 g/mol. The first-order valence-electron chi connectivity index (χ1n) is 7.75. The summed E-state index contributed by atoms with van der Waals surface area (Å²) in [5.74, 6) is 0.823. The van der Waals surface area contributed by atoms with E-state index in [2.05, 4.69) is 26.8 Å². The van der Waals surface area contributed by atoms with Gasteiger partial charge in [-0.05, 0) is 43.2 Å². The van der Waals surface area contributed by atoms with Crippen molar-refractivity contribution in [2.45, 2.75) is 20.4 Å². The lowest BCUT2D eigenvalue weighted by molar-refractivity contribution is 0.393. The first-order valence-corrected chi connectivity index (χ1v) is 8.13. The molecule has 0 radical (unpaired) electrons. The smallest absolute Gasteiger partial charge is 0.141 e. The van der Waals surface area contributed by atoms with Gasteiger partial charge in [0.1, 0.15) is 5.76 Å². The van der Waals surface area contributed by atoms with Gasteiger partial charge < -0.3 is 9.09 Å². The van der Waals surface area contributed by atoms with Crippen molar-refractivity contribution >= 4 is 22.6 Å². The maximum atomic E-state index is 6.29. The Balaban J connectivity index is 1.81. The molecule has 0 N–H and O–H groups in total. The molecule has 0 spiro atoms. The zero-order chi connectivity index (χ0) is 16.7. The summed E-state index contributed by atoms with van der Waals surface area (Å²) in [6.45, 7) is 4.57. The average molecular weight is 338 g/mol. The number of hydrogen-bond acceptors (Lipinski definition) is 3. The number of halogens is 1. The van der Waals surface area contributed by atoms with Gasteiger partial charge in [-0.15, -0.1) is 0 Å². The molecule has 120 valence electrons. The van der Waals surface area contributed by atoms with Gasteiger partial charge >= 0.3 is 0 Å². The van der Waals surface area contributed by atoms with Crippen molar-refractivity contribution < 1.29 is 4.52 Å². The minimum absolute atomic E-state index is 0.682. The molecule has 2 aromatic carbocycles. The van der Waals surface area contributed by atoms with Crippen molar-refractivity contribution in [3.8, 4) is 11.1 Å². The molecule has 0 fully saturated rings. The van der Waals surface area contributed by atoms with Gasteiger partial charge in [0, 0.05) is 10.6 Å². The van der Waals surface area contributed by atoms with Crippen LogP contribution >= 0.6 is 11.6 Å². The molecule has 0 aliphatic carbocycles. The third-order valence-corrected chi connectivity index (χ3v) is 4.61. The lowest BCUT2D eigenvalue weighted by Crippen LogP contribution is -1.98. The molecule has 0 aliphatic heterocycles. The van der Waals surface area contributed by atoms with Gasteiger partial charge in [0.15, 0.2) is 0 Å². The highest BCUT2D eigenvalue weighted by atomic mass is 35.5. The van der Waals surface area contributed by atoms with E-state index in [1.807, 2.05) is 50.5 Å². The topological polar surface area (TPSA) is 43.9 Å². The third kappa shape index (κ3) is 2.49. The van der Waals surface area contributed by atoms with E-state index < -0.39 is 0 Å². The highest BCUT2D eigenvalue weighted by molar-refractivity contribution is 6.31. The molecule has 0 amide bonds. The molecule has 0 bridgehead atoms. The maximum absolute atomic E-state index is 6.29. The van der Waals surface area contributed by atoms with Crippen molar-refractivity contribution in [1.29, 1.82) is 0 Å². The van der Waals surface area contributed by atoms with Gasteiger partial charge in [0.05, 0.1) is 29.6 Å². The zero-order valence-corrected chi connectivity index (χ0v) is 14.2. The molecule has 0 aliphatic rings. The van der Waals surface area contributed by atoms with Gasteiger partial charge in [0.2, 0.25) is 0 Å². The van der Waals surface area contributed by atoms with Gasteiger partial charge in [-0.2, -0.15) is 0 Å². The predicted molar refractivity (Wildman–Crippen MR) is 95.3 cm³/mol. The van der Waals surface area contributed by atoms with Crippen LogP contribution in [-0.4, -0.2) is 14.7 Å². The summed E-state index contributed by atoms with van der Waals surface area (Å²) in [6, 6.07) is 14.1. The number of rotatable bonds is 3. The second kappa shape index (κ2) is 5.80. The van der Waals surface area contributed by atoms with Crippen LogP contribution in [0.2, 0.25) is 5.02 Å². The molecule has 4 aromatic rings. The zero-order valence-electron chi connectivity index (χ0n) is 13.5. The number of aryl methyl sites for hydroxylation is 2. The lowest BCUT2D eigenvalue weighted by atomic mass is 10.0. The van der Waals surface area contributed by atoms with Crippen LogP contribution in [0.25, 0.3) is 22.2 Å². The van der Waals surface area contributed by atoms with Crippen molar-refractivity contribution in [1.82, 2.24) is 14.7 Å². The van der Waals surface area contributed by atoms with E-state index in [1.54, 1.807) is 0 Å². The fourth-order valence-electron chi connectivity index (χ4n) is 3.04. The van der Waals surface area contributed by atoms with Crippen LogP contribution in [0.3, 0.4) is 0 Å². The molecule has 4 nitrogen and oxygen atoms in total. The Morgan fingerprint density at radius 1 is 1.12 bits per heavy atom. The van der Waals surface area contributed by atoms with E-state index in [4.69, 9.17) is 16.1 Å². The second-order valence-electron chi connectivity index (χ2n) is 5.87. The van der Waals surface area contributed by atoms with E-state index >= 15 is 0 Å². The third-order valence-electron chi connectivity index (χ3n) is 4.24. The van der Waals surface area contributed by atoms with Crippen LogP contribution in [0.5, 0.6) is 0 Å². The van der Waals surface area contributed by atoms with E-state index in [1.165, 1.54) is 0 Å². The van der Waals surface area contributed by atoms with Crippen molar-refractivity contribution in [2.24, 2.45) is 0 Å². The molecule has 0 saturated heterocycles. The highest BCUT2D eigenvalue weighted by Gasteiger charge is 2.13. The Bertz CT molecular complexity index is 1010. The van der Waals surface area contributed by atoms with Crippen molar-refractivity contribution in [3.63, 3.8) is 0 Å².